The normalized spacial score (nSPS) is 14.7. The first kappa shape index (κ1) is 22.8. The lowest BCUT2D eigenvalue weighted by atomic mass is 10.00. The highest BCUT2D eigenvalue weighted by Gasteiger charge is 2.30. The maximum atomic E-state index is 12.5. The van der Waals surface area contributed by atoms with Gasteiger partial charge in [0.25, 0.3) is 0 Å². The van der Waals surface area contributed by atoms with Crippen LogP contribution in [0.15, 0.2) is 79.1 Å². The molecule has 164 valence electrons. The maximum Gasteiger partial charge on any atom is 0.416 e. The lowest BCUT2D eigenvalue weighted by molar-refractivity contribution is -0.137. The van der Waals surface area contributed by atoms with Crippen molar-refractivity contribution in [3.05, 3.63) is 95.8 Å². The van der Waals surface area contributed by atoms with Crippen LogP contribution in [0.3, 0.4) is 0 Å². The molecule has 2 aromatic carbocycles. The fourth-order valence-corrected chi connectivity index (χ4v) is 3.31. The number of rotatable bonds is 5. The van der Waals surface area contributed by atoms with E-state index in [1.807, 2.05) is 30.3 Å². The zero-order chi connectivity index (χ0) is 22.1. The Morgan fingerprint density at radius 3 is 2.19 bits per heavy atom. The monoisotopic (exact) mass is 430 g/mol. The average Bonchev–Trinajstić information content (AvgIpc) is 2.79. The van der Waals surface area contributed by atoms with Gasteiger partial charge >= 0.3 is 6.18 Å². The third-order valence-corrected chi connectivity index (χ3v) is 4.87. The number of aliphatic hydroxyl groups excluding tert-OH is 1. The summed E-state index contributed by atoms with van der Waals surface area (Å²) in [7, 11) is 0. The van der Waals surface area contributed by atoms with Crippen LogP contribution in [-0.2, 0) is 19.1 Å². The van der Waals surface area contributed by atoms with Gasteiger partial charge in [-0.3, -0.25) is 9.88 Å². The van der Waals surface area contributed by atoms with E-state index in [0.717, 1.165) is 31.6 Å². The Morgan fingerprint density at radius 2 is 1.61 bits per heavy atom. The molecule has 0 bridgehead atoms. The predicted molar refractivity (Wildman–Crippen MR) is 113 cm³/mol. The zero-order valence-electron chi connectivity index (χ0n) is 17.0. The van der Waals surface area contributed by atoms with Crippen molar-refractivity contribution in [2.24, 2.45) is 0 Å². The molecule has 0 fully saturated rings. The van der Waals surface area contributed by atoms with Gasteiger partial charge in [0.15, 0.2) is 0 Å². The van der Waals surface area contributed by atoms with Crippen LogP contribution in [0, 0.1) is 0 Å². The maximum absolute atomic E-state index is 12.5. The number of halogens is 3. The van der Waals surface area contributed by atoms with Gasteiger partial charge in [-0.15, -0.1) is 0 Å². The molecule has 1 aliphatic heterocycles. The SMILES string of the molecule is OC(COc1ccc(C(F)(F)F)cc1)CN1CCc2ccccc2C1.c1ccncc1. The standard InChI is InChI=1S/C19H20F3NO2.C5H5N/c20-19(21,22)16-5-7-18(8-6-16)25-13-17(24)12-23-10-9-14-3-1-2-4-15(14)11-23;1-2-4-6-5-3-1/h1-8,17,24H,9-13H2;1-5H. The summed E-state index contributed by atoms with van der Waals surface area (Å²) < 4.78 is 42.9. The Bertz CT molecular complexity index is 891. The second kappa shape index (κ2) is 10.9. The fourth-order valence-electron chi connectivity index (χ4n) is 3.31. The Hall–Kier alpha value is -2.90. The second-order valence-electron chi connectivity index (χ2n) is 7.27. The van der Waals surface area contributed by atoms with Crippen LogP contribution in [0.2, 0.25) is 0 Å². The summed E-state index contributed by atoms with van der Waals surface area (Å²) in [5, 5.41) is 10.1. The van der Waals surface area contributed by atoms with Crippen LogP contribution in [0.5, 0.6) is 5.75 Å². The van der Waals surface area contributed by atoms with Crippen LogP contribution in [0.1, 0.15) is 16.7 Å². The number of pyridine rings is 1. The van der Waals surface area contributed by atoms with Gasteiger partial charge in [0.2, 0.25) is 0 Å². The predicted octanol–water partition coefficient (Wildman–Crippen LogP) is 4.59. The van der Waals surface area contributed by atoms with Gasteiger partial charge in [0, 0.05) is 32.0 Å². The summed E-state index contributed by atoms with van der Waals surface area (Å²) in [4.78, 5) is 5.94. The van der Waals surface area contributed by atoms with Crippen molar-refractivity contribution >= 4 is 0 Å². The van der Waals surface area contributed by atoms with Crippen molar-refractivity contribution in [1.82, 2.24) is 9.88 Å². The van der Waals surface area contributed by atoms with E-state index in [-0.39, 0.29) is 6.61 Å². The van der Waals surface area contributed by atoms with E-state index < -0.39 is 17.8 Å². The van der Waals surface area contributed by atoms with Gasteiger partial charge < -0.3 is 9.84 Å². The average molecular weight is 430 g/mol. The molecule has 1 aliphatic rings. The fraction of sp³-hybridized carbons (Fsp3) is 0.292. The molecule has 0 saturated carbocycles. The van der Waals surface area contributed by atoms with Crippen molar-refractivity contribution in [2.45, 2.75) is 25.2 Å². The van der Waals surface area contributed by atoms with E-state index in [0.29, 0.717) is 12.3 Å². The van der Waals surface area contributed by atoms with Gasteiger partial charge in [-0.25, -0.2) is 0 Å². The molecule has 2 heterocycles. The lowest BCUT2D eigenvalue weighted by Gasteiger charge is -2.30. The highest BCUT2D eigenvalue weighted by molar-refractivity contribution is 5.30. The number of nitrogens with zero attached hydrogens (tertiary/aromatic N) is 2. The molecule has 31 heavy (non-hydrogen) atoms. The van der Waals surface area contributed by atoms with Gasteiger partial charge in [-0.05, 0) is 53.9 Å². The Balaban J connectivity index is 0.000000391. The minimum absolute atomic E-state index is 0.0452. The first-order chi connectivity index (χ1) is 14.9. The Kier molecular flexibility index (Phi) is 8.03. The smallest absolute Gasteiger partial charge is 0.416 e. The van der Waals surface area contributed by atoms with Crippen molar-refractivity contribution in [1.29, 1.82) is 0 Å². The Labute approximate surface area is 179 Å². The first-order valence-corrected chi connectivity index (χ1v) is 10.0. The van der Waals surface area contributed by atoms with Crippen molar-refractivity contribution in [3.63, 3.8) is 0 Å². The number of hydrogen-bond acceptors (Lipinski definition) is 4. The molecule has 0 amide bonds. The van der Waals surface area contributed by atoms with Gasteiger partial charge in [-0.1, -0.05) is 30.3 Å². The summed E-state index contributed by atoms with van der Waals surface area (Å²) in [5.74, 6) is 0.316. The number of fused-ring (bicyclic) bond motifs is 1. The van der Waals surface area contributed by atoms with Crippen molar-refractivity contribution < 1.29 is 23.0 Å². The molecule has 4 rings (SSSR count). The second-order valence-corrected chi connectivity index (χ2v) is 7.27. The minimum atomic E-state index is -4.36. The number of aromatic nitrogens is 1. The molecular weight excluding hydrogens is 405 g/mol. The van der Waals surface area contributed by atoms with Crippen LogP contribution >= 0.6 is 0 Å². The minimum Gasteiger partial charge on any atom is -0.491 e. The summed E-state index contributed by atoms with van der Waals surface area (Å²) in [6.45, 7) is 2.17. The zero-order valence-corrected chi connectivity index (χ0v) is 17.0. The summed E-state index contributed by atoms with van der Waals surface area (Å²) >= 11 is 0. The lowest BCUT2D eigenvalue weighted by Crippen LogP contribution is -2.38. The molecule has 0 saturated heterocycles. The molecule has 0 aliphatic carbocycles. The molecule has 1 atom stereocenters. The van der Waals surface area contributed by atoms with Gasteiger partial charge in [-0.2, -0.15) is 13.2 Å². The molecule has 1 aromatic heterocycles. The molecule has 0 spiro atoms. The van der Waals surface area contributed by atoms with Gasteiger partial charge in [0.05, 0.1) is 5.56 Å². The highest BCUT2D eigenvalue weighted by atomic mass is 19.4. The number of ether oxygens (including phenoxy) is 1. The van der Waals surface area contributed by atoms with Crippen LogP contribution < -0.4 is 4.74 Å². The van der Waals surface area contributed by atoms with Crippen LogP contribution in [0.4, 0.5) is 13.2 Å². The van der Waals surface area contributed by atoms with Crippen molar-refractivity contribution in [2.75, 3.05) is 19.7 Å². The molecule has 1 N–H and O–H groups in total. The third kappa shape index (κ3) is 7.38. The van der Waals surface area contributed by atoms with E-state index in [1.165, 1.54) is 23.3 Å². The largest absolute Gasteiger partial charge is 0.491 e. The summed E-state index contributed by atoms with van der Waals surface area (Å²) in [5.41, 5.74) is 1.89. The summed E-state index contributed by atoms with van der Waals surface area (Å²) in [6.07, 6.45) is -0.613. The number of benzene rings is 2. The molecular formula is C24H25F3N2O2. The molecule has 1 unspecified atom stereocenters. The third-order valence-electron chi connectivity index (χ3n) is 4.87. The van der Waals surface area contributed by atoms with Crippen LogP contribution in [-0.4, -0.2) is 40.8 Å². The van der Waals surface area contributed by atoms with E-state index in [4.69, 9.17) is 4.74 Å². The number of aliphatic hydroxyl groups is 1. The topological polar surface area (TPSA) is 45.6 Å². The van der Waals surface area contributed by atoms with E-state index >= 15 is 0 Å². The van der Waals surface area contributed by atoms with Crippen LogP contribution in [0.25, 0.3) is 0 Å². The summed E-state index contributed by atoms with van der Waals surface area (Å²) in [6, 6.07) is 18.5. The van der Waals surface area contributed by atoms with E-state index in [9.17, 15) is 18.3 Å². The van der Waals surface area contributed by atoms with E-state index in [2.05, 4.69) is 22.0 Å². The molecule has 0 radical (unpaired) electrons. The quantitative estimate of drug-likeness (QED) is 0.644. The first-order valence-electron chi connectivity index (χ1n) is 10.0. The highest BCUT2D eigenvalue weighted by Crippen LogP contribution is 2.30. The van der Waals surface area contributed by atoms with Gasteiger partial charge in [0.1, 0.15) is 18.5 Å². The molecule has 3 aromatic rings. The number of hydrogen-bond donors (Lipinski definition) is 1. The Morgan fingerprint density at radius 1 is 0.935 bits per heavy atom. The number of β-amino-alcohol motifs (C(OH)–C–C–N with tert-alkyl or cyclic N) is 1. The van der Waals surface area contributed by atoms with Crippen molar-refractivity contribution in [3.8, 4) is 5.75 Å². The number of alkyl halides is 3. The molecule has 4 nitrogen and oxygen atoms in total. The molecule has 7 heteroatoms. The van der Waals surface area contributed by atoms with E-state index in [1.54, 1.807) is 12.4 Å².